The van der Waals surface area contributed by atoms with Gasteiger partial charge < -0.3 is 20.1 Å². The number of carbonyl (C=O) groups excluding carboxylic acids is 1. The molecule has 0 aliphatic carbocycles. The van der Waals surface area contributed by atoms with E-state index in [0.29, 0.717) is 25.5 Å². The van der Waals surface area contributed by atoms with E-state index >= 15 is 0 Å². The summed E-state index contributed by atoms with van der Waals surface area (Å²) in [6.07, 6.45) is 0. The van der Waals surface area contributed by atoms with E-state index in [9.17, 15) is 4.79 Å². The lowest BCUT2D eigenvalue weighted by Gasteiger charge is -2.16. The molecule has 33 heavy (non-hydrogen) atoms. The number of hydrogen-bond donors (Lipinski definition) is 2. The summed E-state index contributed by atoms with van der Waals surface area (Å²) in [5, 5.41) is 6.32. The molecule has 1 amide bonds. The highest BCUT2D eigenvalue weighted by Gasteiger charge is 2.12. The van der Waals surface area contributed by atoms with Crippen LogP contribution in [-0.4, -0.2) is 12.5 Å². The summed E-state index contributed by atoms with van der Waals surface area (Å²) in [7, 11) is 0. The number of aryl methyl sites for hydroxylation is 1. The first-order valence-corrected chi connectivity index (χ1v) is 11.9. The number of ether oxygens (including phenoxy) is 2. The van der Waals surface area contributed by atoms with Gasteiger partial charge in [-0.2, -0.15) is 0 Å². The van der Waals surface area contributed by atoms with Crippen molar-refractivity contribution in [3.63, 3.8) is 0 Å². The summed E-state index contributed by atoms with van der Waals surface area (Å²) in [4.78, 5) is 11.8. The summed E-state index contributed by atoms with van der Waals surface area (Å²) in [5.74, 6) is 1.38. The Hall–Kier alpha value is -2.99. The summed E-state index contributed by atoms with van der Waals surface area (Å²) < 4.78 is 12.9. The van der Waals surface area contributed by atoms with Crippen LogP contribution < -0.4 is 20.1 Å². The molecule has 0 bridgehead atoms. The fraction of sp³-hybridized carbons (Fsp3) is 0.296. The zero-order valence-corrected chi connectivity index (χ0v) is 21.2. The quantitative estimate of drug-likeness (QED) is 0.310. The second-order valence-electron chi connectivity index (χ2n) is 8.11. The Balaban J connectivity index is 1.67. The van der Waals surface area contributed by atoms with E-state index in [1.807, 2.05) is 69.3 Å². The molecule has 0 radical (unpaired) electrons. The molecule has 0 atom stereocenters. The molecule has 3 aromatic rings. The van der Waals surface area contributed by atoms with E-state index in [1.165, 1.54) is 5.56 Å². The standard InChI is InChI=1S/C27H31BrN2O3/c1-5-32-25-14-21(16-29-22-10-12-23(13-11-22)30-27(31)18(2)3)24(28)15-26(25)33-17-20-9-7-6-8-19(20)4/h6-15,18,29H,5,16-17H2,1-4H3,(H,30,31). The van der Waals surface area contributed by atoms with E-state index in [-0.39, 0.29) is 11.8 Å². The van der Waals surface area contributed by atoms with E-state index in [1.54, 1.807) is 0 Å². The maximum atomic E-state index is 11.8. The third kappa shape index (κ3) is 6.99. The Morgan fingerprint density at radius 1 is 0.939 bits per heavy atom. The van der Waals surface area contributed by atoms with Crippen LogP contribution in [0.5, 0.6) is 11.5 Å². The Bertz CT molecular complexity index is 1080. The van der Waals surface area contributed by atoms with Gasteiger partial charge in [-0.15, -0.1) is 0 Å². The van der Waals surface area contributed by atoms with E-state index in [2.05, 4.69) is 45.6 Å². The first-order chi connectivity index (χ1) is 15.9. The second kappa shape index (κ2) is 11.8. The minimum Gasteiger partial charge on any atom is -0.490 e. The first-order valence-electron chi connectivity index (χ1n) is 11.1. The molecule has 0 aliphatic heterocycles. The summed E-state index contributed by atoms with van der Waals surface area (Å²) >= 11 is 3.68. The minimum absolute atomic E-state index is 0.00725. The number of amides is 1. The highest BCUT2D eigenvalue weighted by atomic mass is 79.9. The van der Waals surface area contributed by atoms with Crippen molar-refractivity contribution in [1.29, 1.82) is 0 Å². The first kappa shape index (κ1) is 24.6. The van der Waals surface area contributed by atoms with Gasteiger partial charge in [-0.1, -0.05) is 54.0 Å². The molecule has 0 heterocycles. The van der Waals surface area contributed by atoms with Crippen molar-refractivity contribution >= 4 is 33.2 Å². The van der Waals surface area contributed by atoms with Crippen LogP contribution in [0.4, 0.5) is 11.4 Å². The molecule has 0 spiro atoms. The predicted molar refractivity (Wildman–Crippen MR) is 138 cm³/mol. The third-order valence-electron chi connectivity index (χ3n) is 5.22. The largest absolute Gasteiger partial charge is 0.490 e. The SMILES string of the molecule is CCOc1cc(CNc2ccc(NC(=O)C(C)C)cc2)c(Br)cc1OCc1ccccc1C. The van der Waals surface area contributed by atoms with E-state index in [0.717, 1.165) is 32.7 Å². The fourth-order valence-corrected chi connectivity index (χ4v) is 3.64. The highest BCUT2D eigenvalue weighted by Crippen LogP contribution is 2.35. The molecule has 0 unspecified atom stereocenters. The van der Waals surface area contributed by atoms with Gasteiger partial charge in [0.05, 0.1) is 6.61 Å². The molecule has 0 aliphatic rings. The lowest BCUT2D eigenvalue weighted by Crippen LogP contribution is -2.17. The molecule has 3 aromatic carbocycles. The number of nitrogens with one attached hydrogen (secondary N) is 2. The van der Waals surface area contributed by atoms with Gasteiger partial charge in [-0.25, -0.2) is 0 Å². The molecule has 3 rings (SSSR count). The van der Waals surface area contributed by atoms with Crippen molar-refractivity contribution in [2.75, 3.05) is 17.2 Å². The summed E-state index contributed by atoms with van der Waals surface area (Å²) in [6.45, 7) is 9.44. The van der Waals surface area contributed by atoms with Crippen molar-refractivity contribution in [3.05, 3.63) is 81.8 Å². The molecule has 0 fully saturated rings. The van der Waals surface area contributed by atoms with Crippen molar-refractivity contribution in [2.24, 2.45) is 5.92 Å². The third-order valence-corrected chi connectivity index (χ3v) is 5.96. The van der Waals surface area contributed by atoms with Gasteiger partial charge in [-0.3, -0.25) is 4.79 Å². The molecule has 174 valence electrons. The van der Waals surface area contributed by atoms with Gasteiger partial charge >= 0.3 is 0 Å². The molecular weight excluding hydrogens is 480 g/mol. The van der Waals surface area contributed by atoms with Crippen molar-refractivity contribution in [2.45, 2.75) is 40.8 Å². The molecule has 0 saturated carbocycles. The summed E-state index contributed by atoms with van der Waals surface area (Å²) in [5.41, 5.74) is 5.15. The fourth-order valence-electron chi connectivity index (χ4n) is 3.18. The molecule has 6 heteroatoms. The van der Waals surface area contributed by atoms with Gasteiger partial charge in [0, 0.05) is 28.3 Å². The topological polar surface area (TPSA) is 59.6 Å². The van der Waals surface area contributed by atoms with Gasteiger partial charge in [0.2, 0.25) is 5.91 Å². The average molecular weight is 511 g/mol. The van der Waals surface area contributed by atoms with Gasteiger partial charge in [0.25, 0.3) is 0 Å². The van der Waals surface area contributed by atoms with Crippen LogP contribution in [0, 0.1) is 12.8 Å². The van der Waals surface area contributed by atoms with Gasteiger partial charge in [0.1, 0.15) is 6.61 Å². The van der Waals surface area contributed by atoms with Crippen LogP contribution in [0.15, 0.2) is 65.1 Å². The minimum atomic E-state index is -0.0524. The number of hydrogen-bond acceptors (Lipinski definition) is 4. The van der Waals surface area contributed by atoms with Crippen LogP contribution in [0.2, 0.25) is 0 Å². The van der Waals surface area contributed by atoms with Crippen molar-refractivity contribution < 1.29 is 14.3 Å². The smallest absolute Gasteiger partial charge is 0.226 e. The van der Waals surface area contributed by atoms with Crippen molar-refractivity contribution in [3.8, 4) is 11.5 Å². The molecular formula is C27H31BrN2O3. The van der Waals surface area contributed by atoms with Crippen LogP contribution in [0.1, 0.15) is 37.5 Å². The van der Waals surface area contributed by atoms with E-state index < -0.39 is 0 Å². The zero-order valence-electron chi connectivity index (χ0n) is 19.6. The zero-order chi connectivity index (χ0) is 23.8. The number of carbonyl (C=O) groups is 1. The Morgan fingerprint density at radius 2 is 1.61 bits per heavy atom. The normalized spacial score (nSPS) is 10.7. The van der Waals surface area contributed by atoms with Crippen LogP contribution in [-0.2, 0) is 17.9 Å². The maximum absolute atomic E-state index is 11.8. The van der Waals surface area contributed by atoms with Crippen LogP contribution >= 0.6 is 15.9 Å². The van der Waals surface area contributed by atoms with Crippen molar-refractivity contribution in [1.82, 2.24) is 0 Å². The molecule has 0 aromatic heterocycles. The Labute approximate surface area is 204 Å². The molecule has 0 saturated heterocycles. The number of anilines is 2. The number of rotatable bonds is 10. The lowest BCUT2D eigenvalue weighted by atomic mass is 10.1. The van der Waals surface area contributed by atoms with Gasteiger partial charge in [-0.05, 0) is 66.9 Å². The second-order valence-corrected chi connectivity index (χ2v) is 8.97. The molecule has 2 N–H and O–H groups in total. The van der Waals surface area contributed by atoms with Crippen LogP contribution in [0.3, 0.4) is 0 Å². The Kier molecular flexibility index (Phi) is 8.78. The Morgan fingerprint density at radius 3 is 2.27 bits per heavy atom. The number of benzene rings is 3. The van der Waals surface area contributed by atoms with Gasteiger partial charge in [0.15, 0.2) is 11.5 Å². The maximum Gasteiger partial charge on any atom is 0.226 e. The number of halogens is 1. The molecule has 5 nitrogen and oxygen atoms in total. The average Bonchev–Trinajstić information content (AvgIpc) is 2.80. The van der Waals surface area contributed by atoms with E-state index in [4.69, 9.17) is 9.47 Å². The lowest BCUT2D eigenvalue weighted by molar-refractivity contribution is -0.118. The summed E-state index contributed by atoms with van der Waals surface area (Å²) in [6, 6.07) is 19.9. The highest BCUT2D eigenvalue weighted by molar-refractivity contribution is 9.10. The monoisotopic (exact) mass is 510 g/mol. The van der Waals surface area contributed by atoms with Crippen LogP contribution in [0.25, 0.3) is 0 Å². The predicted octanol–water partition coefficient (Wildman–Crippen LogP) is 6.94.